The summed E-state index contributed by atoms with van der Waals surface area (Å²) in [6, 6.07) is 14.5. The lowest BCUT2D eigenvalue weighted by Gasteiger charge is -2.22. The highest BCUT2D eigenvalue weighted by atomic mass is 35.5. The first kappa shape index (κ1) is 17.8. The van der Waals surface area contributed by atoms with Crippen LogP contribution in [0.4, 0.5) is 11.4 Å². The second kappa shape index (κ2) is 7.34. The van der Waals surface area contributed by atoms with Crippen LogP contribution in [0, 0.1) is 11.3 Å². The number of nitrogens with zero attached hydrogens (tertiary/aromatic N) is 2. The average Bonchev–Trinajstić information content (AvgIpc) is 2.53. The third kappa shape index (κ3) is 4.72. The van der Waals surface area contributed by atoms with Crippen LogP contribution in [0.15, 0.2) is 48.5 Å². The van der Waals surface area contributed by atoms with Gasteiger partial charge in [-0.1, -0.05) is 17.7 Å². The molecule has 2 rings (SSSR count). The van der Waals surface area contributed by atoms with E-state index in [9.17, 15) is 13.2 Å². The fourth-order valence-corrected chi connectivity index (χ4v) is 2.99. The van der Waals surface area contributed by atoms with Gasteiger partial charge in [0.25, 0.3) is 0 Å². The van der Waals surface area contributed by atoms with E-state index in [0.717, 1.165) is 10.6 Å². The summed E-state index contributed by atoms with van der Waals surface area (Å²) >= 11 is 5.80. The normalized spacial score (nSPS) is 10.7. The monoisotopic (exact) mass is 363 g/mol. The van der Waals surface area contributed by atoms with E-state index in [4.69, 9.17) is 16.9 Å². The van der Waals surface area contributed by atoms with Gasteiger partial charge in [0.2, 0.25) is 15.9 Å². The number of carbonyl (C=O) groups is 1. The molecule has 2 aromatic carbocycles. The van der Waals surface area contributed by atoms with Crippen LogP contribution < -0.4 is 9.62 Å². The van der Waals surface area contributed by atoms with Gasteiger partial charge in [-0.3, -0.25) is 9.10 Å². The van der Waals surface area contributed by atoms with E-state index in [1.807, 2.05) is 6.07 Å². The smallest absolute Gasteiger partial charge is 0.245 e. The molecule has 0 aliphatic carbocycles. The Morgan fingerprint density at radius 2 is 1.92 bits per heavy atom. The zero-order valence-corrected chi connectivity index (χ0v) is 14.3. The Balaban J connectivity index is 2.19. The lowest BCUT2D eigenvalue weighted by atomic mass is 10.2. The van der Waals surface area contributed by atoms with Crippen molar-refractivity contribution in [3.05, 3.63) is 59.1 Å². The van der Waals surface area contributed by atoms with Crippen LogP contribution in [0.5, 0.6) is 0 Å². The maximum absolute atomic E-state index is 12.2. The maximum atomic E-state index is 12.2. The molecule has 0 aliphatic rings. The molecular formula is C16H14ClN3O3S. The largest absolute Gasteiger partial charge is 0.324 e. The van der Waals surface area contributed by atoms with Gasteiger partial charge < -0.3 is 5.32 Å². The van der Waals surface area contributed by atoms with Gasteiger partial charge in [-0.2, -0.15) is 5.26 Å². The SMILES string of the molecule is CS(=O)(=O)N(CC(=O)Nc1cccc(C#N)c1)c1ccc(Cl)cc1. The molecule has 0 saturated heterocycles. The molecular weight excluding hydrogens is 350 g/mol. The maximum Gasteiger partial charge on any atom is 0.245 e. The summed E-state index contributed by atoms with van der Waals surface area (Å²) in [5, 5.41) is 11.9. The number of hydrogen-bond acceptors (Lipinski definition) is 4. The van der Waals surface area contributed by atoms with Gasteiger partial charge in [-0.25, -0.2) is 8.42 Å². The minimum atomic E-state index is -3.65. The number of sulfonamides is 1. The Hall–Kier alpha value is -2.56. The number of anilines is 2. The highest BCUT2D eigenvalue weighted by molar-refractivity contribution is 7.92. The third-order valence-corrected chi connectivity index (χ3v) is 4.47. The van der Waals surface area contributed by atoms with E-state index < -0.39 is 22.5 Å². The molecule has 0 unspecified atom stereocenters. The van der Waals surface area contributed by atoms with Crippen molar-refractivity contribution in [1.29, 1.82) is 5.26 Å². The standard InChI is InChI=1S/C16H14ClN3O3S/c1-24(22,23)20(15-7-5-13(17)6-8-15)11-16(21)19-14-4-2-3-12(9-14)10-18/h2-9H,11H2,1H3,(H,19,21). The number of carbonyl (C=O) groups excluding carboxylic acids is 1. The van der Waals surface area contributed by atoms with Gasteiger partial charge in [0, 0.05) is 10.7 Å². The Morgan fingerprint density at radius 1 is 1.25 bits per heavy atom. The van der Waals surface area contributed by atoms with E-state index in [1.54, 1.807) is 30.3 Å². The number of amides is 1. The van der Waals surface area contributed by atoms with Crippen LogP contribution in [0.3, 0.4) is 0 Å². The van der Waals surface area contributed by atoms with Crippen LogP contribution in [0.25, 0.3) is 0 Å². The fourth-order valence-electron chi connectivity index (χ4n) is 2.00. The summed E-state index contributed by atoms with van der Waals surface area (Å²) in [7, 11) is -3.65. The highest BCUT2D eigenvalue weighted by Crippen LogP contribution is 2.20. The molecule has 0 heterocycles. The van der Waals surface area contributed by atoms with Crippen LogP contribution in [0.1, 0.15) is 5.56 Å². The molecule has 0 atom stereocenters. The first-order valence-corrected chi connectivity index (χ1v) is 9.05. The first-order valence-electron chi connectivity index (χ1n) is 6.83. The Labute approximate surface area is 145 Å². The van der Waals surface area contributed by atoms with E-state index in [2.05, 4.69) is 5.32 Å². The van der Waals surface area contributed by atoms with Crippen LogP contribution >= 0.6 is 11.6 Å². The molecule has 1 amide bonds. The van der Waals surface area contributed by atoms with E-state index in [-0.39, 0.29) is 0 Å². The van der Waals surface area contributed by atoms with Crippen molar-refractivity contribution in [3.63, 3.8) is 0 Å². The van der Waals surface area contributed by atoms with Crippen molar-refractivity contribution in [2.45, 2.75) is 0 Å². The number of hydrogen-bond donors (Lipinski definition) is 1. The van der Waals surface area contributed by atoms with Gasteiger partial charge in [-0.05, 0) is 42.5 Å². The number of rotatable bonds is 5. The molecule has 0 saturated carbocycles. The topological polar surface area (TPSA) is 90.3 Å². The zero-order chi connectivity index (χ0) is 17.7. The summed E-state index contributed by atoms with van der Waals surface area (Å²) in [4.78, 5) is 12.2. The van der Waals surface area contributed by atoms with Crippen molar-refractivity contribution in [1.82, 2.24) is 0 Å². The molecule has 0 radical (unpaired) electrons. The van der Waals surface area contributed by atoms with Gasteiger partial charge >= 0.3 is 0 Å². The molecule has 2 aromatic rings. The molecule has 124 valence electrons. The zero-order valence-electron chi connectivity index (χ0n) is 12.7. The van der Waals surface area contributed by atoms with E-state index >= 15 is 0 Å². The minimum Gasteiger partial charge on any atom is -0.324 e. The first-order chi connectivity index (χ1) is 11.3. The molecule has 1 N–H and O–H groups in total. The van der Waals surface area contributed by atoms with Gasteiger partial charge in [-0.15, -0.1) is 0 Å². The summed E-state index contributed by atoms with van der Waals surface area (Å²) in [5.41, 5.74) is 1.15. The van der Waals surface area contributed by atoms with Gasteiger partial charge in [0.15, 0.2) is 0 Å². The Morgan fingerprint density at radius 3 is 2.50 bits per heavy atom. The van der Waals surface area contributed by atoms with Crippen molar-refractivity contribution >= 4 is 38.9 Å². The van der Waals surface area contributed by atoms with Crippen molar-refractivity contribution in [3.8, 4) is 6.07 Å². The number of benzene rings is 2. The van der Waals surface area contributed by atoms with Crippen LogP contribution in [-0.2, 0) is 14.8 Å². The van der Waals surface area contributed by atoms with Crippen LogP contribution in [0.2, 0.25) is 5.02 Å². The molecule has 0 aliphatic heterocycles. The average molecular weight is 364 g/mol. The van der Waals surface area contributed by atoms with Crippen molar-refractivity contribution < 1.29 is 13.2 Å². The Kier molecular flexibility index (Phi) is 5.44. The second-order valence-corrected chi connectivity index (χ2v) is 7.33. The molecule has 0 fully saturated rings. The predicted octanol–water partition coefficient (Wildman–Crippen LogP) is 2.62. The van der Waals surface area contributed by atoms with E-state index in [1.165, 1.54) is 18.2 Å². The summed E-state index contributed by atoms with van der Waals surface area (Å²) in [5.74, 6) is -0.523. The highest BCUT2D eigenvalue weighted by Gasteiger charge is 2.20. The summed E-state index contributed by atoms with van der Waals surface area (Å²) < 4.78 is 24.9. The minimum absolute atomic E-state index is 0.336. The van der Waals surface area contributed by atoms with E-state index in [0.29, 0.717) is 22.0 Å². The van der Waals surface area contributed by atoms with Gasteiger partial charge in [0.05, 0.1) is 23.6 Å². The second-order valence-electron chi connectivity index (χ2n) is 4.99. The summed E-state index contributed by atoms with van der Waals surface area (Å²) in [6.07, 6.45) is 1.02. The molecule has 0 spiro atoms. The summed E-state index contributed by atoms with van der Waals surface area (Å²) in [6.45, 7) is -0.392. The van der Waals surface area contributed by atoms with Crippen molar-refractivity contribution in [2.24, 2.45) is 0 Å². The lowest BCUT2D eigenvalue weighted by Crippen LogP contribution is -2.37. The number of nitrogens with one attached hydrogen (secondary N) is 1. The number of halogens is 1. The Bertz CT molecular complexity index is 890. The molecule has 6 nitrogen and oxygen atoms in total. The predicted molar refractivity (Wildman–Crippen MR) is 93.4 cm³/mol. The van der Waals surface area contributed by atoms with Crippen molar-refractivity contribution in [2.75, 3.05) is 22.4 Å². The molecule has 24 heavy (non-hydrogen) atoms. The fraction of sp³-hybridized carbons (Fsp3) is 0.125. The van der Waals surface area contributed by atoms with Gasteiger partial charge in [0.1, 0.15) is 6.54 Å². The third-order valence-electron chi connectivity index (χ3n) is 3.08. The number of nitriles is 1. The molecule has 0 aromatic heterocycles. The molecule has 8 heteroatoms. The quantitative estimate of drug-likeness (QED) is 0.884. The lowest BCUT2D eigenvalue weighted by molar-refractivity contribution is -0.114. The van der Waals surface area contributed by atoms with Crippen LogP contribution in [-0.4, -0.2) is 27.1 Å². The molecule has 0 bridgehead atoms.